The van der Waals surface area contributed by atoms with Gasteiger partial charge in [-0.25, -0.2) is 9.59 Å². The van der Waals surface area contributed by atoms with Crippen LogP contribution in [-0.2, 0) is 11.2 Å². The van der Waals surface area contributed by atoms with E-state index in [-0.39, 0.29) is 18.0 Å². The van der Waals surface area contributed by atoms with Crippen LogP contribution >= 0.6 is 0 Å². The van der Waals surface area contributed by atoms with Gasteiger partial charge in [0.15, 0.2) is 0 Å². The molecule has 3 unspecified atom stereocenters. The fourth-order valence-electron chi connectivity index (χ4n) is 2.63. The number of aliphatic carboxylic acids is 1. The molecular weight excluding hydrogens is 260 g/mol. The van der Waals surface area contributed by atoms with Crippen molar-refractivity contribution in [3.05, 3.63) is 24.2 Å². The predicted molar refractivity (Wildman–Crippen MR) is 72.3 cm³/mol. The second-order valence-corrected chi connectivity index (χ2v) is 5.38. The van der Waals surface area contributed by atoms with Crippen molar-refractivity contribution in [1.82, 2.24) is 10.2 Å². The second kappa shape index (κ2) is 5.98. The van der Waals surface area contributed by atoms with Gasteiger partial charge in [-0.15, -0.1) is 0 Å². The summed E-state index contributed by atoms with van der Waals surface area (Å²) in [6.07, 6.45) is 2.89. The number of likely N-dealkylation sites (tertiary alicyclic amines) is 1. The standard InChI is InChI=1S/C14H20N2O4/c1-9-5-6-16(12(9)13(17)18)14(19)15-10(2)8-11-4-3-7-20-11/h3-4,7,9-10,12H,5-6,8H2,1-2H3,(H,15,19)(H,17,18). The van der Waals surface area contributed by atoms with E-state index in [9.17, 15) is 14.7 Å². The lowest BCUT2D eigenvalue weighted by molar-refractivity contribution is -0.142. The Morgan fingerprint density at radius 2 is 2.35 bits per heavy atom. The highest BCUT2D eigenvalue weighted by atomic mass is 16.4. The molecule has 2 amide bonds. The molecule has 2 heterocycles. The van der Waals surface area contributed by atoms with Gasteiger partial charge in [-0.3, -0.25) is 0 Å². The van der Waals surface area contributed by atoms with Crippen LogP contribution in [0.2, 0.25) is 0 Å². The van der Waals surface area contributed by atoms with E-state index in [4.69, 9.17) is 4.42 Å². The molecule has 0 aliphatic carbocycles. The minimum atomic E-state index is -0.941. The Labute approximate surface area is 117 Å². The van der Waals surface area contributed by atoms with E-state index in [0.717, 1.165) is 12.2 Å². The van der Waals surface area contributed by atoms with E-state index in [1.54, 1.807) is 12.3 Å². The normalized spacial score (nSPS) is 23.6. The highest BCUT2D eigenvalue weighted by Gasteiger charge is 2.39. The maximum atomic E-state index is 12.2. The van der Waals surface area contributed by atoms with Gasteiger partial charge in [-0.05, 0) is 31.4 Å². The number of amides is 2. The Hall–Kier alpha value is -1.98. The van der Waals surface area contributed by atoms with Crippen molar-refractivity contribution in [3.8, 4) is 0 Å². The quantitative estimate of drug-likeness (QED) is 0.879. The molecule has 1 aromatic rings. The van der Waals surface area contributed by atoms with Gasteiger partial charge in [0.05, 0.1) is 6.26 Å². The van der Waals surface area contributed by atoms with E-state index in [2.05, 4.69) is 5.32 Å². The largest absolute Gasteiger partial charge is 0.480 e. The zero-order chi connectivity index (χ0) is 14.7. The fraction of sp³-hybridized carbons (Fsp3) is 0.571. The number of nitrogens with zero attached hydrogens (tertiary/aromatic N) is 1. The Balaban J connectivity index is 1.92. The van der Waals surface area contributed by atoms with Crippen molar-refractivity contribution in [3.63, 3.8) is 0 Å². The highest BCUT2D eigenvalue weighted by molar-refractivity contribution is 5.83. The van der Waals surface area contributed by atoms with E-state index in [1.165, 1.54) is 4.90 Å². The predicted octanol–water partition coefficient (Wildman–Crippen LogP) is 1.72. The molecule has 1 fully saturated rings. The van der Waals surface area contributed by atoms with Gasteiger partial charge in [0.2, 0.25) is 0 Å². The summed E-state index contributed by atoms with van der Waals surface area (Å²) in [7, 11) is 0. The van der Waals surface area contributed by atoms with E-state index in [1.807, 2.05) is 19.9 Å². The van der Waals surface area contributed by atoms with Crippen molar-refractivity contribution in [2.75, 3.05) is 6.54 Å². The van der Waals surface area contributed by atoms with Crippen LogP contribution in [0.5, 0.6) is 0 Å². The molecule has 1 aliphatic rings. The molecule has 1 saturated heterocycles. The summed E-state index contributed by atoms with van der Waals surface area (Å²) in [4.78, 5) is 24.8. The Kier molecular flexibility index (Phi) is 4.32. The summed E-state index contributed by atoms with van der Waals surface area (Å²) in [5.41, 5.74) is 0. The molecular formula is C14H20N2O4. The molecule has 2 N–H and O–H groups in total. The van der Waals surface area contributed by atoms with Gasteiger partial charge in [0.1, 0.15) is 11.8 Å². The Bertz CT molecular complexity index is 472. The maximum absolute atomic E-state index is 12.2. The van der Waals surface area contributed by atoms with Crippen molar-refractivity contribution in [1.29, 1.82) is 0 Å². The molecule has 6 nitrogen and oxygen atoms in total. The topological polar surface area (TPSA) is 82.8 Å². The number of carboxylic acid groups (broad SMARTS) is 1. The minimum absolute atomic E-state index is 0.0152. The zero-order valence-electron chi connectivity index (χ0n) is 11.7. The third-order valence-corrected chi connectivity index (χ3v) is 3.67. The first kappa shape index (κ1) is 14.4. The molecule has 20 heavy (non-hydrogen) atoms. The van der Waals surface area contributed by atoms with Crippen molar-refractivity contribution >= 4 is 12.0 Å². The smallest absolute Gasteiger partial charge is 0.326 e. The van der Waals surface area contributed by atoms with Crippen LogP contribution in [0.3, 0.4) is 0 Å². The van der Waals surface area contributed by atoms with Gasteiger partial charge >= 0.3 is 12.0 Å². The Morgan fingerprint density at radius 3 is 2.95 bits per heavy atom. The summed E-state index contributed by atoms with van der Waals surface area (Å²) in [6, 6.07) is 2.48. The van der Waals surface area contributed by atoms with Crippen LogP contribution in [0.4, 0.5) is 4.79 Å². The van der Waals surface area contributed by atoms with E-state index >= 15 is 0 Å². The zero-order valence-corrected chi connectivity index (χ0v) is 11.7. The summed E-state index contributed by atoms with van der Waals surface area (Å²) in [5, 5.41) is 12.0. The SMILES string of the molecule is CC(Cc1ccco1)NC(=O)N1CCC(C)C1C(=O)O. The first-order chi connectivity index (χ1) is 9.49. The number of hydrogen-bond donors (Lipinski definition) is 2. The van der Waals surface area contributed by atoms with Gasteiger partial charge in [-0.2, -0.15) is 0 Å². The maximum Gasteiger partial charge on any atom is 0.326 e. The van der Waals surface area contributed by atoms with Gasteiger partial charge in [-0.1, -0.05) is 6.92 Å². The number of carbonyl (C=O) groups excluding carboxylic acids is 1. The van der Waals surface area contributed by atoms with Crippen LogP contribution in [-0.4, -0.2) is 40.6 Å². The van der Waals surface area contributed by atoms with E-state index < -0.39 is 12.0 Å². The molecule has 0 saturated carbocycles. The Morgan fingerprint density at radius 1 is 1.60 bits per heavy atom. The molecule has 0 aromatic carbocycles. The highest BCUT2D eigenvalue weighted by Crippen LogP contribution is 2.24. The van der Waals surface area contributed by atoms with Gasteiger partial charge < -0.3 is 19.7 Å². The van der Waals surface area contributed by atoms with Crippen molar-refractivity contribution in [2.24, 2.45) is 5.92 Å². The van der Waals surface area contributed by atoms with E-state index in [0.29, 0.717) is 13.0 Å². The number of rotatable bonds is 4. The molecule has 0 bridgehead atoms. The average molecular weight is 280 g/mol. The molecule has 6 heteroatoms. The monoisotopic (exact) mass is 280 g/mol. The first-order valence-electron chi connectivity index (χ1n) is 6.81. The number of nitrogens with one attached hydrogen (secondary N) is 1. The van der Waals surface area contributed by atoms with Gasteiger partial charge in [0.25, 0.3) is 0 Å². The lowest BCUT2D eigenvalue weighted by Gasteiger charge is -2.25. The van der Waals surface area contributed by atoms with Crippen LogP contribution in [0, 0.1) is 5.92 Å². The summed E-state index contributed by atoms with van der Waals surface area (Å²) < 4.78 is 5.23. The summed E-state index contributed by atoms with van der Waals surface area (Å²) in [5.74, 6) is -0.162. The third-order valence-electron chi connectivity index (χ3n) is 3.67. The molecule has 1 aliphatic heterocycles. The van der Waals surface area contributed by atoms with Gasteiger partial charge in [0, 0.05) is 19.0 Å². The van der Waals surface area contributed by atoms with Crippen LogP contribution in [0.25, 0.3) is 0 Å². The summed E-state index contributed by atoms with van der Waals surface area (Å²) >= 11 is 0. The first-order valence-corrected chi connectivity index (χ1v) is 6.81. The van der Waals surface area contributed by atoms with Crippen molar-refractivity contribution < 1.29 is 19.1 Å². The number of hydrogen-bond acceptors (Lipinski definition) is 3. The number of carboxylic acids is 1. The fourth-order valence-corrected chi connectivity index (χ4v) is 2.63. The average Bonchev–Trinajstić information content (AvgIpc) is 2.97. The molecule has 110 valence electrons. The number of furan rings is 1. The molecule has 0 radical (unpaired) electrons. The van der Waals surface area contributed by atoms with Crippen LogP contribution in [0.1, 0.15) is 26.0 Å². The summed E-state index contributed by atoms with van der Waals surface area (Å²) in [6.45, 7) is 4.21. The molecule has 1 aromatic heterocycles. The number of urea groups is 1. The van der Waals surface area contributed by atoms with Crippen molar-refractivity contribution in [2.45, 2.75) is 38.8 Å². The lowest BCUT2D eigenvalue weighted by atomic mass is 10.0. The second-order valence-electron chi connectivity index (χ2n) is 5.38. The van der Waals surface area contributed by atoms with Crippen LogP contribution < -0.4 is 5.32 Å². The molecule has 3 atom stereocenters. The third kappa shape index (κ3) is 3.12. The lowest BCUT2D eigenvalue weighted by Crippen LogP contribution is -2.50. The molecule has 0 spiro atoms. The van der Waals surface area contributed by atoms with Crippen LogP contribution in [0.15, 0.2) is 22.8 Å². The number of carbonyl (C=O) groups is 2. The molecule has 2 rings (SSSR count). The minimum Gasteiger partial charge on any atom is -0.480 e.